The topological polar surface area (TPSA) is 107 Å². The number of methoxy groups -OCH3 is 1. The molecule has 1 aliphatic rings. The molecule has 1 aromatic rings. The monoisotopic (exact) mass is 278 g/mol. The van der Waals surface area contributed by atoms with Gasteiger partial charge in [0.15, 0.2) is 5.41 Å². The fraction of sp³-hybridized carbons (Fsp3) is 0.538. The van der Waals surface area contributed by atoms with Crippen LogP contribution in [-0.2, 0) is 20.7 Å². The Morgan fingerprint density at radius 2 is 2.30 bits per heavy atom. The van der Waals surface area contributed by atoms with Gasteiger partial charge in [-0.2, -0.15) is 5.10 Å². The van der Waals surface area contributed by atoms with Gasteiger partial charge in [0.1, 0.15) is 5.82 Å². The van der Waals surface area contributed by atoms with Gasteiger partial charge in [-0.1, -0.05) is 6.92 Å². The number of nitrogen functional groups attached to an aromatic ring is 1. The first-order valence-electron chi connectivity index (χ1n) is 6.43. The van der Waals surface area contributed by atoms with Gasteiger partial charge < -0.3 is 15.8 Å². The van der Waals surface area contributed by atoms with Crippen molar-refractivity contribution in [3.63, 3.8) is 0 Å². The van der Waals surface area contributed by atoms with Crippen molar-refractivity contribution < 1.29 is 14.3 Å². The van der Waals surface area contributed by atoms with Crippen LogP contribution in [0.25, 0.3) is 0 Å². The van der Waals surface area contributed by atoms with Gasteiger partial charge in [0, 0.05) is 13.0 Å². The minimum atomic E-state index is -1.24. The number of ether oxygens (including phenoxy) is 1. The van der Waals surface area contributed by atoms with E-state index in [1.165, 1.54) is 7.11 Å². The number of aromatic nitrogens is 2. The van der Waals surface area contributed by atoms with Gasteiger partial charge >= 0.3 is 5.97 Å². The number of amides is 1. The zero-order valence-corrected chi connectivity index (χ0v) is 11.5. The van der Waals surface area contributed by atoms with Gasteiger partial charge in [-0.25, -0.2) is 0 Å². The lowest BCUT2D eigenvalue weighted by atomic mass is 9.72. The SMILES string of the molecule is COC(=O)C1(Cc2ccc(N)nn2)CC(C)CNC1=O. The number of carbonyl (C=O) groups excluding carboxylic acids is 2. The first-order chi connectivity index (χ1) is 9.48. The Hall–Kier alpha value is -2.18. The number of hydrogen-bond donors (Lipinski definition) is 2. The summed E-state index contributed by atoms with van der Waals surface area (Å²) in [6.45, 7) is 2.54. The average molecular weight is 278 g/mol. The lowest BCUT2D eigenvalue weighted by Gasteiger charge is -2.36. The molecule has 0 radical (unpaired) electrons. The summed E-state index contributed by atoms with van der Waals surface area (Å²) in [6.07, 6.45) is 0.584. The molecule has 0 bridgehead atoms. The summed E-state index contributed by atoms with van der Waals surface area (Å²) in [6, 6.07) is 3.26. The zero-order chi connectivity index (χ0) is 14.8. The molecule has 1 fully saturated rings. The summed E-state index contributed by atoms with van der Waals surface area (Å²) in [5, 5.41) is 10.4. The molecule has 0 aliphatic carbocycles. The highest BCUT2D eigenvalue weighted by Gasteiger charge is 2.50. The van der Waals surface area contributed by atoms with Crippen LogP contribution in [0, 0.1) is 11.3 Å². The van der Waals surface area contributed by atoms with Crippen LogP contribution in [0.3, 0.4) is 0 Å². The molecule has 2 rings (SSSR count). The Morgan fingerprint density at radius 1 is 1.55 bits per heavy atom. The molecular formula is C13H18N4O3. The highest BCUT2D eigenvalue weighted by Crippen LogP contribution is 2.35. The summed E-state index contributed by atoms with van der Waals surface area (Å²) >= 11 is 0. The smallest absolute Gasteiger partial charge is 0.321 e. The number of nitrogens with zero attached hydrogens (tertiary/aromatic N) is 2. The van der Waals surface area contributed by atoms with Crippen LogP contribution in [0.2, 0.25) is 0 Å². The van der Waals surface area contributed by atoms with Crippen molar-refractivity contribution in [2.45, 2.75) is 19.8 Å². The minimum Gasteiger partial charge on any atom is -0.468 e. The van der Waals surface area contributed by atoms with Crippen LogP contribution in [0.1, 0.15) is 19.0 Å². The van der Waals surface area contributed by atoms with Gasteiger partial charge in [-0.15, -0.1) is 5.10 Å². The van der Waals surface area contributed by atoms with Crippen molar-refractivity contribution in [3.8, 4) is 0 Å². The summed E-state index contributed by atoms with van der Waals surface area (Å²) < 4.78 is 4.84. The Morgan fingerprint density at radius 3 is 2.90 bits per heavy atom. The third-order valence-electron chi connectivity index (χ3n) is 3.54. The van der Waals surface area contributed by atoms with Crippen molar-refractivity contribution in [2.24, 2.45) is 11.3 Å². The number of rotatable bonds is 3. The Kier molecular flexibility index (Phi) is 3.87. The largest absolute Gasteiger partial charge is 0.468 e. The molecule has 20 heavy (non-hydrogen) atoms. The van der Waals surface area contributed by atoms with Crippen LogP contribution in [-0.4, -0.2) is 35.7 Å². The molecule has 108 valence electrons. The molecule has 1 amide bonds. The van der Waals surface area contributed by atoms with E-state index in [0.717, 1.165) is 0 Å². The van der Waals surface area contributed by atoms with Gasteiger partial charge in [0.25, 0.3) is 0 Å². The quantitative estimate of drug-likeness (QED) is 0.591. The summed E-state index contributed by atoms with van der Waals surface area (Å²) in [4.78, 5) is 24.4. The zero-order valence-electron chi connectivity index (χ0n) is 11.5. The van der Waals surface area contributed by atoms with Gasteiger partial charge in [0.2, 0.25) is 5.91 Å². The summed E-state index contributed by atoms with van der Waals surface area (Å²) in [5.41, 5.74) is 4.78. The van der Waals surface area contributed by atoms with E-state index in [2.05, 4.69) is 15.5 Å². The summed E-state index contributed by atoms with van der Waals surface area (Å²) in [5.74, 6) is -0.378. The standard InChI is InChI=1S/C13H18N4O3/c1-8-5-13(12(19)20-2,11(18)15-7-8)6-9-3-4-10(14)17-16-9/h3-4,8H,5-7H2,1-2H3,(H2,14,17)(H,15,18). The Labute approximate surface area is 116 Å². The first-order valence-corrected chi connectivity index (χ1v) is 6.43. The number of hydrogen-bond acceptors (Lipinski definition) is 6. The molecule has 1 aromatic heterocycles. The molecule has 1 saturated heterocycles. The molecular weight excluding hydrogens is 260 g/mol. The third kappa shape index (κ3) is 2.56. The second-order valence-corrected chi connectivity index (χ2v) is 5.22. The maximum atomic E-state index is 12.2. The number of nitrogens with two attached hydrogens (primary N) is 1. The van der Waals surface area contributed by atoms with E-state index < -0.39 is 11.4 Å². The number of nitrogens with one attached hydrogen (secondary N) is 1. The second kappa shape index (κ2) is 5.44. The molecule has 7 heteroatoms. The normalized spacial score (nSPS) is 25.9. The van der Waals surface area contributed by atoms with E-state index in [1.54, 1.807) is 12.1 Å². The molecule has 2 unspecified atom stereocenters. The molecule has 3 N–H and O–H groups in total. The highest BCUT2D eigenvalue weighted by molar-refractivity contribution is 6.03. The van der Waals surface area contributed by atoms with E-state index in [4.69, 9.17) is 10.5 Å². The molecule has 0 aromatic carbocycles. The molecule has 2 atom stereocenters. The molecule has 0 saturated carbocycles. The van der Waals surface area contributed by atoms with Crippen LogP contribution in [0.15, 0.2) is 12.1 Å². The molecule has 1 aliphatic heterocycles. The lowest BCUT2D eigenvalue weighted by molar-refractivity contribution is -0.162. The Bertz CT molecular complexity index is 507. The predicted octanol–water partition coefficient (Wildman–Crippen LogP) is -0.0833. The van der Waals surface area contributed by atoms with Crippen LogP contribution in [0.5, 0.6) is 0 Å². The van der Waals surface area contributed by atoms with Crippen LogP contribution >= 0.6 is 0 Å². The van der Waals surface area contributed by atoms with Crippen molar-refractivity contribution in [2.75, 3.05) is 19.4 Å². The second-order valence-electron chi connectivity index (χ2n) is 5.22. The van der Waals surface area contributed by atoms with Crippen LogP contribution < -0.4 is 11.1 Å². The number of piperidine rings is 1. The maximum Gasteiger partial charge on any atom is 0.321 e. The van der Waals surface area contributed by atoms with Gasteiger partial charge in [-0.3, -0.25) is 9.59 Å². The van der Waals surface area contributed by atoms with Crippen molar-refractivity contribution >= 4 is 17.7 Å². The summed E-state index contributed by atoms with van der Waals surface area (Å²) in [7, 11) is 1.28. The van der Waals surface area contributed by atoms with E-state index in [0.29, 0.717) is 24.5 Å². The third-order valence-corrected chi connectivity index (χ3v) is 3.54. The fourth-order valence-electron chi connectivity index (χ4n) is 2.57. The molecule has 2 heterocycles. The van der Waals surface area contributed by atoms with E-state index >= 15 is 0 Å². The fourth-order valence-corrected chi connectivity index (χ4v) is 2.57. The maximum absolute atomic E-state index is 12.2. The molecule has 0 spiro atoms. The van der Waals surface area contributed by atoms with E-state index in [-0.39, 0.29) is 18.2 Å². The van der Waals surface area contributed by atoms with E-state index in [9.17, 15) is 9.59 Å². The van der Waals surface area contributed by atoms with Crippen LogP contribution in [0.4, 0.5) is 5.82 Å². The predicted molar refractivity (Wildman–Crippen MR) is 71.4 cm³/mol. The average Bonchev–Trinajstić information content (AvgIpc) is 2.44. The van der Waals surface area contributed by atoms with Crippen molar-refractivity contribution in [1.29, 1.82) is 0 Å². The number of anilines is 1. The first kappa shape index (κ1) is 14.2. The van der Waals surface area contributed by atoms with Crippen molar-refractivity contribution in [1.82, 2.24) is 15.5 Å². The minimum absolute atomic E-state index is 0.156. The van der Waals surface area contributed by atoms with Gasteiger partial charge in [-0.05, 0) is 24.5 Å². The Balaban J connectivity index is 2.34. The number of carbonyl (C=O) groups is 2. The lowest BCUT2D eigenvalue weighted by Crippen LogP contribution is -2.55. The van der Waals surface area contributed by atoms with Crippen molar-refractivity contribution in [3.05, 3.63) is 17.8 Å². The number of esters is 1. The molecule has 7 nitrogen and oxygen atoms in total. The van der Waals surface area contributed by atoms with E-state index in [1.807, 2.05) is 6.92 Å². The highest BCUT2D eigenvalue weighted by atomic mass is 16.5. The van der Waals surface area contributed by atoms with Gasteiger partial charge in [0.05, 0.1) is 12.8 Å².